The quantitative estimate of drug-likeness (QED) is 0.689. The van der Waals surface area contributed by atoms with Crippen LogP contribution in [0, 0.1) is 0 Å². The molecular formula is C22H19NO3. The summed E-state index contributed by atoms with van der Waals surface area (Å²) < 4.78 is 5.43. The molecule has 0 saturated carbocycles. The smallest absolute Gasteiger partial charge is 0.333 e. The Morgan fingerprint density at radius 2 is 1.31 bits per heavy atom. The fourth-order valence-electron chi connectivity index (χ4n) is 2.54. The van der Waals surface area contributed by atoms with Gasteiger partial charge in [-0.15, -0.1) is 0 Å². The number of nitrogens with one attached hydrogen (secondary N) is 1. The average Bonchev–Trinajstić information content (AvgIpc) is 2.72. The van der Waals surface area contributed by atoms with Crippen LogP contribution in [0.25, 0.3) is 0 Å². The Bertz CT molecular complexity index is 848. The number of amides is 1. The Labute approximate surface area is 152 Å². The number of rotatable bonds is 6. The van der Waals surface area contributed by atoms with Gasteiger partial charge in [-0.25, -0.2) is 4.79 Å². The first kappa shape index (κ1) is 17.4. The number of benzene rings is 3. The van der Waals surface area contributed by atoms with Crippen molar-refractivity contribution in [2.45, 2.75) is 12.6 Å². The van der Waals surface area contributed by atoms with E-state index in [-0.39, 0.29) is 12.5 Å². The molecule has 1 N–H and O–H groups in total. The summed E-state index contributed by atoms with van der Waals surface area (Å²) in [6.07, 6.45) is 0. The summed E-state index contributed by atoms with van der Waals surface area (Å²) in [4.78, 5) is 25.1. The monoisotopic (exact) mass is 345 g/mol. The molecule has 26 heavy (non-hydrogen) atoms. The Morgan fingerprint density at radius 1 is 0.769 bits per heavy atom. The number of carbonyl (C=O) groups excluding carboxylic acids is 2. The van der Waals surface area contributed by atoms with Crippen LogP contribution in [0.15, 0.2) is 91.0 Å². The SMILES string of the molecule is O=C(N[C@@H](C(=O)OCc1ccccc1)c1ccccc1)c1ccccc1. The molecule has 0 aliphatic heterocycles. The van der Waals surface area contributed by atoms with Gasteiger partial charge in [0.15, 0.2) is 6.04 Å². The normalized spacial score (nSPS) is 11.4. The zero-order chi connectivity index (χ0) is 18.2. The van der Waals surface area contributed by atoms with Crippen molar-refractivity contribution in [2.24, 2.45) is 0 Å². The molecule has 0 fully saturated rings. The molecule has 0 aliphatic rings. The second kappa shape index (κ2) is 8.62. The van der Waals surface area contributed by atoms with Crippen LogP contribution in [0.3, 0.4) is 0 Å². The molecule has 4 nitrogen and oxygen atoms in total. The second-order valence-electron chi connectivity index (χ2n) is 5.78. The second-order valence-corrected chi connectivity index (χ2v) is 5.78. The highest BCUT2D eigenvalue weighted by atomic mass is 16.5. The first-order valence-electron chi connectivity index (χ1n) is 8.35. The lowest BCUT2D eigenvalue weighted by Crippen LogP contribution is -2.34. The molecule has 3 aromatic rings. The third-order valence-corrected chi connectivity index (χ3v) is 3.90. The van der Waals surface area contributed by atoms with Gasteiger partial charge in [-0.1, -0.05) is 78.9 Å². The summed E-state index contributed by atoms with van der Waals surface area (Å²) in [7, 11) is 0. The molecule has 0 spiro atoms. The standard InChI is InChI=1S/C22H19NO3/c24-21(19-14-8-3-9-15-19)23-20(18-12-6-2-7-13-18)22(25)26-16-17-10-4-1-5-11-17/h1-15,20H,16H2,(H,23,24)/t20-/m1/s1. The van der Waals surface area contributed by atoms with Crippen molar-refractivity contribution in [2.75, 3.05) is 0 Å². The molecule has 0 radical (unpaired) electrons. The van der Waals surface area contributed by atoms with Crippen LogP contribution in [-0.4, -0.2) is 11.9 Å². The molecule has 1 amide bonds. The van der Waals surface area contributed by atoms with E-state index in [1.165, 1.54) is 0 Å². The zero-order valence-corrected chi connectivity index (χ0v) is 14.2. The maximum Gasteiger partial charge on any atom is 0.333 e. The number of hydrogen-bond acceptors (Lipinski definition) is 3. The van der Waals surface area contributed by atoms with Crippen molar-refractivity contribution in [1.29, 1.82) is 0 Å². The summed E-state index contributed by atoms with van der Waals surface area (Å²) in [6, 6.07) is 26.4. The van der Waals surface area contributed by atoms with Crippen LogP contribution in [0.5, 0.6) is 0 Å². The Hall–Kier alpha value is -3.40. The highest BCUT2D eigenvalue weighted by Gasteiger charge is 2.24. The highest BCUT2D eigenvalue weighted by Crippen LogP contribution is 2.16. The molecule has 0 aliphatic carbocycles. The number of ether oxygens (including phenoxy) is 1. The van der Waals surface area contributed by atoms with E-state index in [0.717, 1.165) is 5.56 Å². The van der Waals surface area contributed by atoms with Crippen LogP contribution in [0.1, 0.15) is 27.5 Å². The molecule has 3 aromatic carbocycles. The van der Waals surface area contributed by atoms with Crippen LogP contribution in [0.4, 0.5) is 0 Å². The maximum atomic E-state index is 12.6. The van der Waals surface area contributed by atoms with Gasteiger partial charge in [0.25, 0.3) is 5.91 Å². The summed E-state index contributed by atoms with van der Waals surface area (Å²) in [5, 5.41) is 2.77. The molecule has 0 heterocycles. The Balaban J connectivity index is 1.75. The van der Waals surface area contributed by atoms with Gasteiger partial charge in [-0.05, 0) is 23.3 Å². The van der Waals surface area contributed by atoms with E-state index in [0.29, 0.717) is 11.1 Å². The van der Waals surface area contributed by atoms with Crippen molar-refractivity contribution in [3.63, 3.8) is 0 Å². The third kappa shape index (κ3) is 4.57. The fraction of sp³-hybridized carbons (Fsp3) is 0.0909. The number of carbonyl (C=O) groups is 2. The van der Waals surface area contributed by atoms with Gasteiger partial charge in [-0.2, -0.15) is 0 Å². The lowest BCUT2D eigenvalue weighted by atomic mass is 10.1. The minimum Gasteiger partial charge on any atom is -0.459 e. The van der Waals surface area contributed by atoms with Crippen LogP contribution >= 0.6 is 0 Å². The van der Waals surface area contributed by atoms with Crippen molar-refractivity contribution in [1.82, 2.24) is 5.32 Å². The third-order valence-electron chi connectivity index (χ3n) is 3.90. The van der Waals surface area contributed by atoms with E-state index in [2.05, 4.69) is 5.32 Å². The highest BCUT2D eigenvalue weighted by molar-refractivity contribution is 5.97. The van der Waals surface area contributed by atoms with Crippen molar-refractivity contribution < 1.29 is 14.3 Å². The lowest BCUT2D eigenvalue weighted by Gasteiger charge is -2.18. The summed E-state index contributed by atoms with van der Waals surface area (Å²) >= 11 is 0. The molecule has 0 unspecified atom stereocenters. The van der Waals surface area contributed by atoms with Crippen LogP contribution < -0.4 is 5.32 Å². The van der Waals surface area contributed by atoms with Crippen molar-refractivity contribution >= 4 is 11.9 Å². The zero-order valence-electron chi connectivity index (χ0n) is 14.2. The fourth-order valence-corrected chi connectivity index (χ4v) is 2.54. The lowest BCUT2D eigenvalue weighted by molar-refractivity contribution is -0.147. The Morgan fingerprint density at radius 3 is 1.92 bits per heavy atom. The predicted molar refractivity (Wildman–Crippen MR) is 99.3 cm³/mol. The van der Waals surface area contributed by atoms with E-state index in [9.17, 15) is 9.59 Å². The first-order valence-corrected chi connectivity index (χ1v) is 8.35. The predicted octanol–water partition coefficient (Wildman–Crippen LogP) is 3.90. The summed E-state index contributed by atoms with van der Waals surface area (Å²) in [5.41, 5.74) is 2.06. The molecule has 0 saturated heterocycles. The minimum absolute atomic E-state index is 0.157. The molecule has 130 valence electrons. The van der Waals surface area contributed by atoms with E-state index in [4.69, 9.17) is 4.74 Å². The van der Waals surface area contributed by atoms with Gasteiger partial charge >= 0.3 is 5.97 Å². The van der Waals surface area contributed by atoms with Gasteiger partial charge in [-0.3, -0.25) is 4.79 Å². The van der Waals surface area contributed by atoms with Gasteiger partial charge in [0.2, 0.25) is 0 Å². The van der Waals surface area contributed by atoms with Crippen molar-refractivity contribution in [3.05, 3.63) is 108 Å². The summed E-state index contributed by atoms with van der Waals surface area (Å²) in [5.74, 6) is -0.819. The number of hydrogen-bond donors (Lipinski definition) is 1. The van der Waals surface area contributed by atoms with Gasteiger partial charge < -0.3 is 10.1 Å². The topological polar surface area (TPSA) is 55.4 Å². The van der Waals surface area contributed by atoms with Crippen LogP contribution in [-0.2, 0) is 16.1 Å². The van der Waals surface area contributed by atoms with Crippen LogP contribution in [0.2, 0.25) is 0 Å². The summed E-state index contributed by atoms with van der Waals surface area (Å²) in [6.45, 7) is 0.157. The first-order chi connectivity index (χ1) is 12.7. The number of esters is 1. The molecule has 1 atom stereocenters. The Kier molecular flexibility index (Phi) is 5.78. The van der Waals surface area contributed by atoms with Gasteiger partial charge in [0.1, 0.15) is 6.61 Å². The van der Waals surface area contributed by atoms with Gasteiger partial charge in [0, 0.05) is 5.56 Å². The van der Waals surface area contributed by atoms with Crippen molar-refractivity contribution in [3.8, 4) is 0 Å². The van der Waals surface area contributed by atoms with E-state index < -0.39 is 12.0 Å². The molecule has 3 rings (SSSR count). The van der Waals surface area contributed by atoms with E-state index in [1.807, 2.05) is 54.6 Å². The minimum atomic E-state index is -0.868. The molecule has 0 aromatic heterocycles. The molecule has 4 heteroatoms. The van der Waals surface area contributed by atoms with E-state index in [1.54, 1.807) is 36.4 Å². The maximum absolute atomic E-state index is 12.6. The largest absolute Gasteiger partial charge is 0.459 e. The van der Waals surface area contributed by atoms with Gasteiger partial charge in [0.05, 0.1) is 0 Å². The molecule has 0 bridgehead atoms. The average molecular weight is 345 g/mol. The molecular weight excluding hydrogens is 326 g/mol. The van der Waals surface area contributed by atoms with E-state index >= 15 is 0 Å².